The topological polar surface area (TPSA) is 9.23 Å². The Morgan fingerprint density at radius 1 is 1.78 bits per heavy atom. The van der Waals surface area contributed by atoms with Crippen molar-refractivity contribution in [3.05, 3.63) is 24.0 Å². The number of allylic oxidation sites excluding steroid dienone is 4. The van der Waals surface area contributed by atoms with Gasteiger partial charge < -0.3 is 4.74 Å². The van der Waals surface area contributed by atoms with Gasteiger partial charge in [-0.1, -0.05) is 24.4 Å². The van der Waals surface area contributed by atoms with Crippen molar-refractivity contribution in [3.8, 4) is 0 Å². The Morgan fingerprint density at radius 2 is 2.56 bits per heavy atom. The first-order valence-electron chi connectivity index (χ1n) is 2.70. The van der Waals surface area contributed by atoms with Crippen molar-refractivity contribution in [3.63, 3.8) is 0 Å². The van der Waals surface area contributed by atoms with Crippen LogP contribution in [0.25, 0.3) is 0 Å². The van der Waals surface area contributed by atoms with Crippen molar-refractivity contribution in [1.29, 1.82) is 0 Å². The summed E-state index contributed by atoms with van der Waals surface area (Å²) >= 11 is 4.95. The Hall–Kier alpha value is -0.630. The molecule has 0 fully saturated rings. The minimum atomic E-state index is 0.701. The highest BCUT2D eigenvalue weighted by Gasteiger charge is 2.04. The minimum absolute atomic E-state index is 0.701. The summed E-state index contributed by atoms with van der Waals surface area (Å²) in [6, 6.07) is 0. The molecular formula is C7H7OS. The quantitative estimate of drug-likeness (QED) is 0.511. The summed E-state index contributed by atoms with van der Waals surface area (Å²) in [5.74, 6) is 0.701. The lowest BCUT2D eigenvalue weighted by atomic mass is 10.2. The molecule has 0 saturated heterocycles. The fraction of sp³-hybridized carbons (Fsp3) is 0.286. The summed E-state index contributed by atoms with van der Waals surface area (Å²) in [6.07, 6.45) is 7.49. The van der Waals surface area contributed by atoms with E-state index >= 15 is 0 Å². The smallest absolute Gasteiger partial charge is 0.141 e. The van der Waals surface area contributed by atoms with Gasteiger partial charge in [0.05, 0.1) is 12.0 Å². The molecule has 2 heteroatoms. The van der Waals surface area contributed by atoms with Gasteiger partial charge in [0.15, 0.2) is 0 Å². The van der Waals surface area contributed by atoms with Gasteiger partial charge in [-0.05, 0) is 0 Å². The van der Waals surface area contributed by atoms with Gasteiger partial charge in [0.25, 0.3) is 0 Å². The molecule has 0 aromatic carbocycles. The number of ether oxygens (including phenoxy) is 1. The normalized spacial score (nSPS) is 17.4. The van der Waals surface area contributed by atoms with Crippen LogP contribution in [0.4, 0.5) is 0 Å². The molecule has 1 radical (unpaired) electrons. The second-order valence-electron chi connectivity index (χ2n) is 1.71. The van der Waals surface area contributed by atoms with Crippen molar-refractivity contribution >= 4 is 17.1 Å². The van der Waals surface area contributed by atoms with Crippen LogP contribution in [0.3, 0.4) is 0 Å². The van der Waals surface area contributed by atoms with Crippen molar-refractivity contribution in [2.45, 2.75) is 6.42 Å². The number of hydrogen-bond acceptors (Lipinski definition) is 2. The fourth-order valence-corrected chi connectivity index (χ4v) is 0.885. The molecule has 0 unspecified atom stereocenters. The highest BCUT2D eigenvalue weighted by molar-refractivity contribution is 7.80. The fourth-order valence-electron chi connectivity index (χ4n) is 0.647. The Morgan fingerprint density at radius 3 is 3.00 bits per heavy atom. The molecule has 0 saturated carbocycles. The molecule has 0 bridgehead atoms. The van der Waals surface area contributed by atoms with Crippen molar-refractivity contribution in [2.75, 3.05) is 7.11 Å². The monoisotopic (exact) mass is 139 g/mol. The van der Waals surface area contributed by atoms with Crippen LogP contribution in [-0.2, 0) is 4.74 Å². The molecule has 0 heterocycles. The Labute approximate surface area is 60.0 Å². The molecule has 1 nitrogen and oxygen atoms in total. The summed E-state index contributed by atoms with van der Waals surface area (Å²) < 4.78 is 4.92. The lowest BCUT2D eigenvalue weighted by Gasteiger charge is -2.06. The first-order chi connectivity index (χ1) is 4.34. The maximum Gasteiger partial charge on any atom is 0.141 e. The van der Waals surface area contributed by atoms with Crippen LogP contribution in [0.5, 0.6) is 0 Å². The largest absolute Gasteiger partial charge is 0.495 e. The standard InChI is InChI=1S/C7H7OS/c1-8-6-4-2-3-5-7(6)9/h2-3H,5H2,1H3. The average Bonchev–Trinajstić information content (AvgIpc) is 1.89. The van der Waals surface area contributed by atoms with Gasteiger partial charge in [0, 0.05) is 12.5 Å². The first-order valence-corrected chi connectivity index (χ1v) is 3.11. The van der Waals surface area contributed by atoms with Gasteiger partial charge in [0.2, 0.25) is 0 Å². The molecule has 0 spiro atoms. The van der Waals surface area contributed by atoms with E-state index in [1.807, 2.05) is 12.2 Å². The van der Waals surface area contributed by atoms with Gasteiger partial charge in [-0.15, -0.1) is 0 Å². The number of methoxy groups -OCH3 is 1. The van der Waals surface area contributed by atoms with Crippen molar-refractivity contribution < 1.29 is 4.74 Å². The van der Waals surface area contributed by atoms with Crippen LogP contribution >= 0.6 is 12.2 Å². The Kier molecular flexibility index (Phi) is 2.01. The highest BCUT2D eigenvalue weighted by Crippen LogP contribution is 2.08. The molecule has 0 atom stereocenters. The molecule has 1 aliphatic rings. The number of hydrogen-bond donors (Lipinski definition) is 0. The third-order valence-corrected chi connectivity index (χ3v) is 1.44. The van der Waals surface area contributed by atoms with E-state index < -0.39 is 0 Å². The zero-order chi connectivity index (χ0) is 6.69. The van der Waals surface area contributed by atoms with Crippen LogP contribution in [0.15, 0.2) is 17.9 Å². The van der Waals surface area contributed by atoms with Crippen LogP contribution in [0.1, 0.15) is 6.42 Å². The third kappa shape index (κ3) is 1.39. The highest BCUT2D eigenvalue weighted by atomic mass is 32.1. The van der Waals surface area contributed by atoms with E-state index in [1.165, 1.54) is 0 Å². The lowest BCUT2D eigenvalue weighted by molar-refractivity contribution is 0.313. The molecule has 0 aromatic heterocycles. The van der Waals surface area contributed by atoms with E-state index in [4.69, 9.17) is 17.0 Å². The molecule has 0 aromatic rings. The van der Waals surface area contributed by atoms with E-state index in [1.54, 1.807) is 7.11 Å². The van der Waals surface area contributed by atoms with Crippen LogP contribution in [0, 0.1) is 6.08 Å². The summed E-state index contributed by atoms with van der Waals surface area (Å²) in [5.41, 5.74) is 0. The van der Waals surface area contributed by atoms with Crippen molar-refractivity contribution in [1.82, 2.24) is 0 Å². The summed E-state index contributed by atoms with van der Waals surface area (Å²) in [6.45, 7) is 0. The Balaban J connectivity index is 2.74. The molecule has 0 aliphatic heterocycles. The van der Waals surface area contributed by atoms with E-state index in [9.17, 15) is 0 Å². The van der Waals surface area contributed by atoms with Gasteiger partial charge in [-0.2, -0.15) is 0 Å². The second-order valence-corrected chi connectivity index (χ2v) is 2.20. The predicted molar refractivity (Wildman–Crippen MR) is 40.1 cm³/mol. The van der Waals surface area contributed by atoms with Gasteiger partial charge >= 0.3 is 0 Å². The van der Waals surface area contributed by atoms with Crippen molar-refractivity contribution in [2.24, 2.45) is 0 Å². The molecular weight excluding hydrogens is 132 g/mol. The molecule has 1 aliphatic carbocycles. The SMILES string of the molecule is COC1=[C]C=CCC1=S. The van der Waals surface area contributed by atoms with Crippen LogP contribution in [0.2, 0.25) is 0 Å². The minimum Gasteiger partial charge on any atom is -0.495 e. The number of thiocarbonyl (C=S) groups is 1. The van der Waals surface area contributed by atoms with E-state index in [0.717, 1.165) is 11.3 Å². The maximum absolute atomic E-state index is 4.95. The summed E-state index contributed by atoms with van der Waals surface area (Å²) in [4.78, 5) is 0.833. The molecule has 9 heavy (non-hydrogen) atoms. The van der Waals surface area contributed by atoms with Gasteiger partial charge in [-0.25, -0.2) is 0 Å². The van der Waals surface area contributed by atoms with E-state index in [-0.39, 0.29) is 0 Å². The summed E-state index contributed by atoms with van der Waals surface area (Å²) in [5, 5.41) is 0. The average molecular weight is 139 g/mol. The Bertz CT molecular complexity index is 179. The lowest BCUT2D eigenvalue weighted by Crippen LogP contribution is -2.02. The number of rotatable bonds is 1. The van der Waals surface area contributed by atoms with Gasteiger partial charge in [0.1, 0.15) is 5.76 Å². The van der Waals surface area contributed by atoms with Crippen LogP contribution in [-0.4, -0.2) is 12.0 Å². The predicted octanol–water partition coefficient (Wildman–Crippen LogP) is 1.65. The van der Waals surface area contributed by atoms with Gasteiger partial charge in [-0.3, -0.25) is 0 Å². The molecule has 0 N–H and O–H groups in total. The molecule has 1 rings (SSSR count). The second kappa shape index (κ2) is 2.78. The maximum atomic E-state index is 4.95. The summed E-state index contributed by atoms with van der Waals surface area (Å²) in [7, 11) is 1.60. The van der Waals surface area contributed by atoms with E-state index in [0.29, 0.717) is 5.76 Å². The third-order valence-electron chi connectivity index (χ3n) is 1.09. The zero-order valence-corrected chi connectivity index (χ0v) is 5.99. The first kappa shape index (κ1) is 6.49. The van der Waals surface area contributed by atoms with E-state index in [2.05, 4.69) is 6.08 Å². The molecule has 47 valence electrons. The van der Waals surface area contributed by atoms with Crippen LogP contribution < -0.4 is 0 Å². The zero-order valence-electron chi connectivity index (χ0n) is 5.18. The molecule has 0 amide bonds.